The van der Waals surface area contributed by atoms with Crippen LogP contribution in [-0.4, -0.2) is 37.6 Å². The zero-order valence-corrected chi connectivity index (χ0v) is 22.6. The average molecular weight is 485 g/mol. The molecule has 0 bridgehead atoms. The number of hydrogen-bond donors (Lipinski definition) is 3. The van der Waals surface area contributed by atoms with Crippen molar-refractivity contribution < 1.29 is 0 Å². The number of amidine groups is 1. The third kappa shape index (κ3) is 7.80. The molecular weight excluding hydrogens is 444 g/mol. The normalized spacial score (nSPS) is 18.5. The molecule has 0 saturated carbocycles. The minimum atomic E-state index is 0.178. The lowest BCUT2D eigenvalue weighted by Gasteiger charge is -2.29. The molecule has 0 fully saturated rings. The van der Waals surface area contributed by atoms with E-state index in [1.165, 1.54) is 28.0 Å². The molecule has 2 aliphatic carbocycles. The van der Waals surface area contributed by atoms with Gasteiger partial charge in [0, 0.05) is 31.4 Å². The van der Waals surface area contributed by atoms with Gasteiger partial charge in [-0.3, -0.25) is 4.99 Å². The van der Waals surface area contributed by atoms with Gasteiger partial charge in [-0.25, -0.2) is 4.99 Å². The Morgan fingerprint density at radius 2 is 1.89 bits per heavy atom. The molecule has 0 radical (unpaired) electrons. The van der Waals surface area contributed by atoms with Crippen LogP contribution in [-0.2, 0) is 0 Å². The highest BCUT2D eigenvalue weighted by molar-refractivity contribution is 6.14. The first kappa shape index (κ1) is 28.3. The highest BCUT2D eigenvalue weighted by Crippen LogP contribution is 2.36. The summed E-state index contributed by atoms with van der Waals surface area (Å²) in [7, 11) is 1.59. The van der Waals surface area contributed by atoms with E-state index in [2.05, 4.69) is 82.7 Å². The molecule has 2 aliphatic rings. The number of allylic oxidation sites excluding steroid dienone is 9. The maximum absolute atomic E-state index is 5.73. The topological polar surface area (TPSA) is 87.2 Å². The lowest BCUT2D eigenvalue weighted by molar-refractivity contribution is 0.828. The Hall–Kier alpha value is -3.93. The summed E-state index contributed by atoms with van der Waals surface area (Å²) in [5.74, 6) is 0.676. The number of aliphatic imine (C=N–C) groups is 3. The van der Waals surface area contributed by atoms with Gasteiger partial charge in [0.2, 0.25) is 5.96 Å². The lowest BCUT2D eigenvalue weighted by Crippen LogP contribution is -2.26. The Morgan fingerprint density at radius 3 is 2.53 bits per heavy atom. The van der Waals surface area contributed by atoms with Crippen molar-refractivity contribution in [1.82, 2.24) is 10.6 Å². The van der Waals surface area contributed by atoms with E-state index in [4.69, 9.17) is 5.73 Å². The Morgan fingerprint density at radius 1 is 1.17 bits per heavy atom. The van der Waals surface area contributed by atoms with Crippen LogP contribution in [0.25, 0.3) is 0 Å². The van der Waals surface area contributed by atoms with Gasteiger partial charge in [-0.2, -0.15) is 4.99 Å². The van der Waals surface area contributed by atoms with E-state index < -0.39 is 0 Å². The summed E-state index contributed by atoms with van der Waals surface area (Å²) in [5, 5.41) is 6.98. The molecule has 4 N–H and O–H groups in total. The lowest BCUT2D eigenvalue weighted by atomic mass is 9.84. The molecule has 0 spiro atoms. The second kappa shape index (κ2) is 13.2. The molecule has 190 valence electrons. The van der Waals surface area contributed by atoms with E-state index >= 15 is 0 Å². The molecule has 0 aliphatic heterocycles. The van der Waals surface area contributed by atoms with Crippen LogP contribution >= 0.6 is 0 Å². The zero-order valence-electron chi connectivity index (χ0n) is 22.6. The monoisotopic (exact) mass is 484 g/mol. The molecule has 0 saturated heterocycles. The number of nitrogens with two attached hydrogens (primary N) is 1. The van der Waals surface area contributed by atoms with E-state index in [0.29, 0.717) is 23.8 Å². The van der Waals surface area contributed by atoms with Crippen LogP contribution in [0.2, 0.25) is 0 Å². The van der Waals surface area contributed by atoms with Gasteiger partial charge in [0.15, 0.2) is 0 Å². The van der Waals surface area contributed by atoms with Crippen LogP contribution < -0.4 is 16.4 Å². The van der Waals surface area contributed by atoms with Crippen molar-refractivity contribution in [3.05, 3.63) is 107 Å². The highest BCUT2D eigenvalue weighted by Gasteiger charge is 2.23. The summed E-state index contributed by atoms with van der Waals surface area (Å²) in [6, 6.07) is 0. The van der Waals surface area contributed by atoms with Gasteiger partial charge in [0.1, 0.15) is 5.84 Å². The van der Waals surface area contributed by atoms with E-state index in [1.54, 1.807) is 14.0 Å². The summed E-state index contributed by atoms with van der Waals surface area (Å²) in [6.45, 7) is 23.7. The fourth-order valence-electron chi connectivity index (χ4n) is 3.59. The van der Waals surface area contributed by atoms with Crippen molar-refractivity contribution in [1.29, 1.82) is 0 Å². The molecule has 0 heterocycles. The number of guanidine groups is 1. The second-order valence-corrected chi connectivity index (χ2v) is 8.88. The SMILES string of the molecule is C=C1C(C)=C(NCC2=CC=CC(CNC(=C)C(/C=C(\C)C(=C)C)=N/C(C)=N/C(N)=NC)=CC2)/C1=C\C. The van der Waals surface area contributed by atoms with Gasteiger partial charge >= 0.3 is 0 Å². The quantitative estimate of drug-likeness (QED) is 0.226. The van der Waals surface area contributed by atoms with Gasteiger partial charge in [0.25, 0.3) is 0 Å². The summed E-state index contributed by atoms with van der Waals surface area (Å²) >= 11 is 0. The van der Waals surface area contributed by atoms with Crippen molar-refractivity contribution in [2.45, 2.75) is 41.0 Å². The summed E-state index contributed by atoms with van der Waals surface area (Å²) in [4.78, 5) is 12.7. The largest absolute Gasteiger partial charge is 0.381 e. The highest BCUT2D eigenvalue weighted by atomic mass is 15.1. The zero-order chi connectivity index (χ0) is 26.8. The van der Waals surface area contributed by atoms with Crippen LogP contribution in [0, 0.1) is 0 Å². The van der Waals surface area contributed by atoms with Crippen molar-refractivity contribution >= 4 is 17.5 Å². The van der Waals surface area contributed by atoms with Crippen molar-refractivity contribution in [2.75, 3.05) is 20.1 Å². The van der Waals surface area contributed by atoms with Crippen LogP contribution in [0.5, 0.6) is 0 Å². The van der Waals surface area contributed by atoms with E-state index in [-0.39, 0.29) is 5.96 Å². The molecular formula is C30H40N6. The van der Waals surface area contributed by atoms with Crippen LogP contribution in [0.3, 0.4) is 0 Å². The smallest absolute Gasteiger partial charge is 0.216 e. The molecule has 0 aromatic heterocycles. The molecule has 0 amide bonds. The first-order valence-corrected chi connectivity index (χ1v) is 12.1. The van der Waals surface area contributed by atoms with Crippen LogP contribution in [0.1, 0.15) is 41.0 Å². The van der Waals surface area contributed by atoms with Crippen LogP contribution in [0.15, 0.2) is 122 Å². The van der Waals surface area contributed by atoms with Gasteiger partial charge in [-0.05, 0) is 75.0 Å². The summed E-state index contributed by atoms with van der Waals surface area (Å²) in [6.07, 6.45) is 13.6. The first-order chi connectivity index (χ1) is 17.1. The first-order valence-electron chi connectivity index (χ1n) is 12.1. The van der Waals surface area contributed by atoms with Crippen molar-refractivity contribution in [3.63, 3.8) is 0 Å². The van der Waals surface area contributed by atoms with Crippen LogP contribution in [0.4, 0.5) is 0 Å². The maximum atomic E-state index is 5.73. The average Bonchev–Trinajstić information content (AvgIpc) is 3.08. The third-order valence-electron chi connectivity index (χ3n) is 6.10. The minimum absolute atomic E-state index is 0.178. The van der Waals surface area contributed by atoms with E-state index in [0.717, 1.165) is 29.7 Å². The molecule has 0 aromatic carbocycles. The maximum Gasteiger partial charge on any atom is 0.216 e. The standard InChI is InChI=1S/C30H40N6/c1-10-27-21(5)22(6)29(27)34-18-26-13-11-12-25(14-15-26)17-33-23(7)28(16-20(4)19(2)3)35-24(8)36-30(31)32-9/h10-14,16,33-34H,2,5,7,15,17-18H2,1,3-4,6,8-9H3,(H2,31,32)/b20-16+,27-10-,35-28+,36-24+. The Labute approximate surface area is 216 Å². The fourth-order valence-corrected chi connectivity index (χ4v) is 3.59. The molecule has 0 unspecified atom stereocenters. The molecule has 6 heteroatoms. The fraction of sp³-hybridized carbons (Fsp3) is 0.300. The summed E-state index contributed by atoms with van der Waals surface area (Å²) < 4.78 is 0. The summed E-state index contributed by atoms with van der Waals surface area (Å²) in [5.41, 5.74) is 16.3. The molecule has 6 nitrogen and oxygen atoms in total. The Kier molecular flexibility index (Phi) is 10.4. The minimum Gasteiger partial charge on any atom is -0.381 e. The number of rotatable bonds is 9. The molecule has 0 aromatic rings. The second-order valence-electron chi connectivity index (χ2n) is 8.88. The number of hydrogen-bond acceptors (Lipinski definition) is 3. The number of nitrogens with zero attached hydrogens (tertiary/aromatic N) is 3. The Balaban J connectivity index is 2.05. The van der Waals surface area contributed by atoms with Gasteiger partial charge in [-0.1, -0.05) is 55.7 Å². The molecule has 0 atom stereocenters. The number of nitrogens with one attached hydrogen (secondary N) is 2. The van der Waals surface area contributed by atoms with Gasteiger partial charge in [0.05, 0.1) is 11.4 Å². The predicted molar refractivity (Wildman–Crippen MR) is 157 cm³/mol. The predicted octanol–water partition coefficient (Wildman–Crippen LogP) is 5.61. The Bertz CT molecular complexity index is 1210. The van der Waals surface area contributed by atoms with Gasteiger partial charge < -0.3 is 16.4 Å². The van der Waals surface area contributed by atoms with Crippen molar-refractivity contribution in [3.8, 4) is 0 Å². The van der Waals surface area contributed by atoms with E-state index in [9.17, 15) is 0 Å². The van der Waals surface area contributed by atoms with Crippen molar-refractivity contribution in [2.24, 2.45) is 20.7 Å². The molecule has 36 heavy (non-hydrogen) atoms. The molecule has 2 rings (SSSR count). The van der Waals surface area contributed by atoms with E-state index in [1.807, 2.05) is 26.8 Å². The third-order valence-corrected chi connectivity index (χ3v) is 6.10. The van der Waals surface area contributed by atoms with Gasteiger partial charge in [-0.15, -0.1) is 0 Å².